The SMILES string of the molecule is C#CCOc1ccc(Nc2nc(Nc3ccc(C)c(S(=O)(=O)NC(=O)CCCCC)c3)ncc2F)cc1. The van der Waals surface area contributed by atoms with Crippen molar-refractivity contribution in [3.63, 3.8) is 0 Å². The molecule has 0 aliphatic heterocycles. The highest BCUT2D eigenvalue weighted by atomic mass is 32.2. The van der Waals surface area contributed by atoms with E-state index in [4.69, 9.17) is 11.2 Å². The van der Waals surface area contributed by atoms with Gasteiger partial charge in [-0.3, -0.25) is 4.79 Å². The zero-order valence-electron chi connectivity index (χ0n) is 20.5. The molecule has 1 amide bonds. The topological polar surface area (TPSA) is 122 Å². The van der Waals surface area contributed by atoms with E-state index in [9.17, 15) is 17.6 Å². The van der Waals surface area contributed by atoms with Crippen molar-refractivity contribution < 1.29 is 22.3 Å². The smallest absolute Gasteiger partial charge is 0.264 e. The number of nitrogens with one attached hydrogen (secondary N) is 3. The first-order valence-electron chi connectivity index (χ1n) is 11.6. The lowest BCUT2D eigenvalue weighted by Crippen LogP contribution is -2.30. The second kappa shape index (κ2) is 12.7. The Labute approximate surface area is 215 Å². The molecule has 3 rings (SSSR count). The van der Waals surface area contributed by atoms with Gasteiger partial charge in [0.1, 0.15) is 12.4 Å². The van der Waals surface area contributed by atoms with E-state index in [-0.39, 0.29) is 29.7 Å². The number of terminal acetylenes is 1. The third-order valence-corrected chi connectivity index (χ3v) is 6.69. The third-order valence-electron chi connectivity index (χ3n) is 5.17. The van der Waals surface area contributed by atoms with Crippen molar-refractivity contribution in [3.05, 3.63) is 60.0 Å². The van der Waals surface area contributed by atoms with Crippen LogP contribution in [0.4, 0.5) is 27.5 Å². The molecule has 2 aromatic carbocycles. The molecule has 37 heavy (non-hydrogen) atoms. The number of unbranched alkanes of at least 4 members (excludes halogenated alkanes) is 2. The molecule has 0 saturated carbocycles. The molecule has 0 saturated heterocycles. The minimum Gasteiger partial charge on any atom is -0.481 e. The van der Waals surface area contributed by atoms with Crippen LogP contribution in [0.15, 0.2) is 53.6 Å². The normalized spacial score (nSPS) is 10.9. The minimum atomic E-state index is -4.08. The molecule has 0 aliphatic carbocycles. The van der Waals surface area contributed by atoms with Gasteiger partial charge in [-0.05, 0) is 55.3 Å². The monoisotopic (exact) mass is 525 g/mol. The maximum Gasteiger partial charge on any atom is 0.264 e. The first-order chi connectivity index (χ1) is 17.7. The maximum atomic E-state index is 14.4. The molecule has 0 spiro atoms. The standard InChI is InChI=1S/C26H28FN5O4S/c1-4-6-7-8-24(33)32-37(34,35)23-16-20(10-9-18(23)3)30-26-28-17-22(27)25(31-26)29-19-11-13-21(14-12-19)36-15-5-2/h2,9-14,16-17H,4,6-8,15H2,1,3H3,(H,32,33)(H2,28,29,30,31). The van der Waals surface area contributed by atoms with Crippen molar-refractivity contribution in [1.29, 1.82) is 0 Å². The minimum absolute atomic E-state index is 0.0358. The number of benzene rings is 2. The predicted octanol–water partition coefficient (Wildman–Crippen LogP) is 4.81. The van der Waals surface area contributed by atoms with Crippen LogP contribution in [0, 0.1) is 25.1 Å². The van der Waals surface area contributed by atoms with Crippen LogP contribution >= 0.6 is 0 Å². The van der Waals surface area contributed by atoms with E-state index >= 15 is 0 Å². The highest BCUT2D eigenvalue weighted by Crippen LogP contribution is 2.25. The number of carbonyl (C=O) groups is 1. The number of hydrogen-bond acceptors (Lipinski definition) is 8. The Morgan fingerprint density at radius 2 is 1.84 bits per heavy atom. The number of amides is 1. The predicted molar refractivity (Wildman–Crippen MR) is 140 cm³/mol. The molecule has 3 N–H and O–H groups in total. The molecule has 194 valence electrons. The quantitative estimate of drug-likeness (QED) is 0.228. The molecule has 9 nitrogen and oxygen atoms in total. The molecule has 1 aromatic heterocycles. The van der Waals surface area contributed by atoms with E-state index < -0.39 is 21.7 Å². The summed E-state index contributed by atoms with van der Waals surface area (Å²) in [6, 6.07) is 11.3. The van der Waals surface area contributed by atoms with Gasteiger partial charge in [-0.25, -0.2) is 22.5 Å². The van der Waals surface area contributed by atoms with Crippen LogP contribution in [0.3, 0.4) is 0 Å². The summed E-state index contributed by atoms with van der Waals surface area (Å²) in [4.78, 5) is 20.1. The second-order valence-electron chi connectivity index (χ2n) is 8.12. The van der Waals surface area contributed by atoms with Crippen LogP contribution < -0.4 is 20.1 Å². The summed E-state index contributed by atoms with van der Waals surface area (Å²) in [5.74, 6) is 1.65. The average molecular weight is 526 g/mol. The average Bonchev–Trinajstić information content (AvgIpc) is 2.86. The zero-order valence-corrected chi connectivity index (χ0v) is 21.4. The Kier molecular flexibility index (Phi) is 9.40. The van der Waals surface area contributed by atoms with Gasteiger partial charge in [0.05, 0.1) is 11.1 Å². The summed E-state index contributed by atoms with van der Waals surface area (Å²) in [5, 5.41) is 5.74. The number of halogens is 1. The van der Waals surface area contributed by atoms with Gasteiger partial charge in [0.15, 0.2) is 11.6 Å². The van der Waals surface area contributed by atoms with Gasteiger partial charge in [-0.15, -0.1) is 6.42 Å². The number of carbonyl (C=O) groups excluding carboxylic acids is 1. The van der Waals surface area contributed by atoms with Gasteiger partial charge in [-0.2, -0.15) is 4.98 Å². The summed E-state index contributed by atoms with van der Waals surface area (Å²) in [7, 11) is -4.08. The highest BCUT2D eigenvalue weighted by molar-refractivity contribution is 7.90. The fourth-order valence-corrected chi connectivity index (χ4v) is 4.58. The first kappa shape index (κ1) is 27.4. The molecule has 0 fully saturated rings. The Morgan fingerprint density at radius 3 is 2.54 bits per heavy atom. The Morgan fingerprint density at radius 1 is 1.11 bits per heavy atom. The van der Waals surface area contributed by atoms with Gasteiger partial charge in [-0.1, -0.05) is 31.8 Å². The van der Waals surface area contributed by atoms with Crippen LogP contribution in [0.5, 0.6) is 5.75 Å². The number of hydrogen-bond donors (Lipinski definition) is 3. The van der Waals surface area contributed by atoms with Crippen molar-refractivity contribution in [2.24, 2.45) is 0 Å². The maximum absolute atomic E-state index is 14.4. The Hall–Kier alpha value is -4.17. The van der Waals surface area contributed by atoms with Gasteiger partial charge < -0.3 is 15.4 Å². The van der Waals surface area contributed by atoms with E-state index in [2.05, 4.69) is 31.2 Å². The fourth-order valence-electron chi connectivity index (χ4n) is 3.30. The van der Waals surface area contributed by atoms with E-state index in [0.717, 1.165) is 19.0 Å². The lowest BCUT2D eigenvalue weighted by Gasteiger charge is -2.13. The number of sulfonamides is 1. The number of rotatable bonds is 12. The van der Waals surface area contributed by atoms with Gasteiger partial charge >= 0.3 is 0 Å². The Balaban J connectivity index is 1.75. The van der Waals surface area contributed by atoms with E-state index in [1.165, 1.54) is 6.07 Å². The summed E-state index contributed by atoms with van der Waals surface area (Å²) in [6.07, 6.45) is 8.67. The summed E-state index contributed by atoms with van der Waals surface area (Å²) in [6.45, 7) is 3.75. The van der Waals surface area contributed by atoms with Gasteiger partial charge in [0.25, 0.3) is 10.0 Å². The van der Waals surface area contributed by atoms with E-state index in [0.29, 0.717) is 29.1 Å². The second-order valence-corrected chi connectivity index (χ2v) is 9.77. The van der Waals surface area contributed by atoms with Crippen molar-refractivity contribution in [2.75, 3.05) is 17.2 Å². The molecular weight excluding hydrogens is 497 g/mol. The molecule has 0 aliphatic rings. The van der Waals surface area contributed by atoms with Gasteiger partial charge in [0, 0.05) is 17.8 Å². The molecule has 0 radical (unpaired) electrons. The van der Waals surface area contributed by atoms with Crippen LogP contribution in [0.25, 0.3) is 0 Å². The number of nitrogens with zero attached hydrogens (tertiary/aromatic N) is 2. The third kappa shape index (κ3) is 7.91. The summed E-state index contributed by atoms with van der Waals surface area (Å²) < 4.78 is 47.4. The molecule has 11 heteroatoms. The largest absolute Gasteiger partial charge is 0.481 e. The molecule has 1 heterocycles. The number of aromatic nitrogens is 2. The molecule has 3 aromatic rings. The molecule has 0 bridgehead atoms. The van der Waals surface area contributed by atoms with Crippen molar-refractivity contribution in [2.45, 2.75) is 44.4 Å². The number of anilines is 4. The lowest BCUT2D eigenvalue weighted by atomic mass is 10.2. The Bertz CT molecular complexity index is 1390. The number of ether oxygens (including phenoxy) is 1. The van der Waals surface area contributed by atoms with Crippen molar-refractivity contribution >= 4 is 39.1 Å². The molecule has 0 atom stereocenters. The van der Waals surface area contributed by atoms with Gasteiger partial charge in [0.2, 0.25) is 11.9 Å². The molecule has 0 unspecified atom stereocenters. The molecular formula is C26H28FN5O4S. The summed E-state index contributed by atoms with van der Waals surface area (Å²) >= 11 is 0. The van der Waals surface area contributed by atoms with Crippen LogP contribution in [0.2, 0.25) is 0 Å². The van der Waals surface area contributed by atoms with Crippen molar-refractivity contribution in [3.8, 4) is 18.1 Å². The summed E-state index contributed by atoms with van der Waals surface area (Å²) in [5.41, 5.74) is 1.35. The van der Waals surface area contributed by atoms with Crippen LogP contribution in [-0.4, -0.2) is 30.9 Å². The first-order valence-corrected chi connectivity index (χ1v) is 13.1. The van der Waals surface area contributed by atoms with Crippen molar-refractivity contribution in [1.82, 2.24) is 14.7 Å². The zero-order chi connectivity index (χ0) is 26.8. The van der Waals surface area contributed by atoms with E-state index in [1.807, 2.05) is 6.92 Å². The lowest BCUT2D eigenvalue weighted by molar-refractivity contribution is -0.119. The fraction of sp³-hybridized carbons (Fsp3) is 0.269. The highest BCUT2D eigenvalue weighted by Gasteiger charge is 2.20. The van der Waals surface area contributed by atoms with E-state index in [1.54, 1.807) is 43.3 Å². The van der Waals surface area contributed by atoms with Crippen LogP contribution in [0.1, 0.15) is 38.2 Å². The number of aryl methyl sites for hydroxylation is 1. The van der Waals surface area contributed by atoms with Crippen LogP contribution in [-0.2, 0) is 14.8 Å².